The highest BCUT2D eigenvalue weighted by Gasteiger charge is 2.10. The normalized spacial score (nSPS) is 15.4. The van der Waals surface area contributed by atoms with Gasteiger partial charge in [-0.1, -0.05) is 25.0 Å². The van der Waals surface area contributed by atoms with Crippen LogP contribution in [0.4, 0.5) is 5.82 Å². The SMILES string of the molecule is CN=C(NCc1ccc(N2CCCCCC2)nc1)NCc1ccccn1. The Kier molecular flexibility index (Phi) is 6.81. The average molecular weight is 352 g/mol. The van der Waals surface area contributed by atoms with Crippen molar-refractivity contribution in [2.75, 3.05) is 25.0 Å². The van der Waals surface area contributed by atoms with Crippen LogP contribution in [0.2, 0.25) is 0 Å². The van der Waals surface area contributed by atoms with E-state index in [9.17, 15) is 0 Å². The van der Waals surface area contributed by atoms with Crippen LogP contribution in [0, 0.1) is 0 Å². The van der Waals surface area contributed by atoms with E-state index in [2.05, 4.69) is 42.6 Å². The number of aromatic nitrogens is 2. The summed E-state index contributed by atoms with van der Waals surface area (Å²) in [7, 11) is 1.77. The average Bonchev–Trinajstić information content (AvgIpc) is 2.99. The minimum absolute atomic E-state index is 0.645. The van der Waals surface area contributed by atoms with Crippen LogP contribution in [-0.2, 0) is 13.1 Å². The molecule has 0 bridgehead atoms. The van der Waals surface area contributed by atoms with Gasteiger partial charge in [-0.25, -0.2) is 4.98 Å². The molecule has 0 unspecified atom stereocenters. The number of hydrogen-bond acceptors (Lipinski definition) is 4. The molecule has 0 aromatic carbocycles. The zero-order chi connectivity index (χ0) is 18.0. The van der Waals surface area contributed by atoms with Crippen molar-refractivity contribution in [1.82, 2.24) is 20.6 Å². The quantitative estimate of drug-likeness (QED) is 0.640. The molecule has 3 heterocycles. The van der Waals surface area contributed by atoms with E-state index in [1.165, 1.54) is 25.7 Å². The van der Waals surface area contributed by atoms with E-state index in [0.29, 0.717) is 13.1 Å². The Morgan fingerprint density at radius 1 is 1.00 bits per heavy atom. The van der Waals surface area contributed by atoms with Crippen molar-refractivity contribution >= 4 is 11.8 Å². The van der Waals surface area contributed by atoms with Crippen LogP contribution >= 0.6 is 0 Å². The summed E-state index contributed by atoms with van der Waals surface area (Å²) < 4.78 is 0. The second-order valence-electron chi connectivity index (χ2n) is 6.53. The van der Waals surface area contributed by atoms with Gasteiger partial charge in [-0.2, -0.15) is 0 Å². The lowest BCUT2D eigenvalue weighted by molar-refractivity contribution is 0.726. The molecule has 6 nitrogen and oxygen atoms in total. The first-order valence-electron chi connectivity index (χ1n) is 9.39. The maximum atomic E-state index is 4.66. The van der Waals surface area contributed by atoms with E-state index in [1.54, 1.807) is 13.2 Å². The van der Waals surface area contributed by atoms with Gasteiger partial charge < -0.3 is 15.5 Å². The van der Waals surface area contributed by atoms with E-state index in [0.717, 1.165) is 36.1 Å². The minimum Gasteiger partial charge on any atom is -0.357 e. The molecule has 1 aliphatic rings. The predicted molar refractivity (Wildman–Crippen MR) is 106 cm³/mol. The fourth-order valence-corrected chi connectivity index (χ4v) is 3.09. The number of aliphatic imine (C=N–C) groups is 1. The molecule has 0 amide bonds. The van der Waals surface area contributed by atoms with Gasteiger partial charge in [0.1, 0.15) is 5.82 Å². The molecular weight excluding hydrogens is 324 g/mol. The molecule has 0 saturated carbocycles. The second-order valence-corrected chi connectivity index (χ2v) is 6.53. The van der Waals surface area contributed by atoms with Crippen LogP contribution in [0.25, 0.3) is 0 Å². The van der Waals surface area contributed by atoms with Crippen LogP contribution in [0.3, 0.4) is 0 Å². The Hall–Kier alpha value is -2.63. The standard InChI is InChI=1S/C20H28N6/c1-21-20(25-16-18-8-4-5-11-22-18)24-15-17-9-10-19(23-14-17)26-12-6-2-3-7-13-26/h4-5,8-11,14H,2-3,6-7,12-13,15-16H2,1H3,(H2,21,24,25). The number of nitrogens with zero attached hydrogens (tertiary/aromatic N) is 4. The van der Waals surface area contributed by atoms with Crippen molar-refractivity contribution in [3.63, 3.8) is 0 Å². The summed E-state index contributed by atoms with van der Waals surface area (Å²) >= 11 is 0. The molecule has 1 aliphatic heterocycles. The lowest BCUT2D eigenvalue weighted by atomic mass is 10.2. The largest absolute Gasteiger partial charge is 0.357 e. The van der Waals surface area contributed by atoms with Gasteiger partial charge in [-0.3, -0.25) is 9.98 Å². The van der Waals surface area contributed by atoms with Crippen LogP contribution in [-0.4, -0.2) is 36.1 Å². The zero-order valence-corrected chi connectivity index (χ0v) is 15.5. The Labute approximate surface area is 155 Å². The number of pyridine rings is 2. The molecule has 26 heavy (non-hydrogen) atoms. The van der Waals surface area contributed by atoms with Crippen molar-refractivity contribution in [2.24, 2.45) is 4.99 Å². The lowest BCUT2D eigenvalue weighted by Crippen LogP contribution is -2.36. The Morgan fingerprint density at radius 3 is 2.46 bits per heavy atom. The molecule has 0 aliphatic carbocycles. The van der Waals surface area contributed by atoms with Gasteiger partial charge >= 0.3 is 0 Å². The van der Waals surface area contributed by atoms with E-state index in [1.807, 2.05) is 24.4 Å². The molecule has 6 heteroatoms. The topological polar surface area (TPSA) is 65.4 Å². The first-order valence-corrected chi connectivity index (χ1v) is 9.39. The third kappa shape index (κ3) is 5.44. The molecule has 1 fully saturated rings. The molecule has 3 rings (SSSR count). The van der Waals surface area contributed by atoms with Gasteiger partial charge in [0.25, 0.3) is 0 Å². The van der Waals surface area contributed by atoms with E-state index in [4.69, 9.17) is 0 Å². The lowest BCUT2D eigenvalue weighted by Gasteiger charge is -2.21. The molecule has 138 valence electrons. The van der Waals surface area contributed by atoms with Gasteiger partial charge in [0.15, 0.2) is 5.96 Å². The van der Waals surface area contributed by atoms with Crippen molar-refractivity contribution in [1.29, 1.82) is 0 Å². The highest BCUT2D eigenvalue weighted by atomic mass is 15.2. The first-order chi connectivity index (χ1) is 12.8. The van der Waals surface area contributed by atoms with Crippen molar-refractivity contribution in [2.45, 2.75) is 38.8 Å². The highest BCUT2D eigenvalue weighted by molar-refractivity contribution is 5.79. The van der Waals surface area contributed by atoms with E-state index >= 15 is 0 Å². The second kappa shape index (κ2) is 9.75. The maximum Gasteiger partial charge on any atom is 0.191 e. The molecule has 2 aromatic heterocycles. The number of hydrogen-bond donors (Lipinski definition) is 2. The molecular formula is C20H28N6. The first kappa shape index (κ1) is 18.2. The summed E-state index contributed by atoms with van der Waals surface area (Å²) in [6.07, 6.45) is 8.96. The fourth-order valence-electron chi connectivity index (χ4n) is 3.09. The van der Waals surface area contributed by atoms with Gasteiger partial charge in [0, 0.05) is 39.1 Å². The maximum absolute atomic E-state index is 4.66. The van der Waals surface area contributed by atoms with E-state index < -0.39 is 0 Å². The summed E-state index contributed by atoms with van der Waals surface area (Å²) in [5.74, 6) is 1.85. The monoisotopic (exact) mass is 352 g/mol. The number of guanidine groups is 1. The Morgan fingerprint density at radius 2 is 1.81 bits per heavy atom. The third-order valence-electron chi connectivity index (χ3n) is 4.59. The molecule has 1 saturated heterocycles. The van der Waals surface area contributed by atoms with Crippen molar-refractivity contribution < 1.29 is 0 Å². The number of nitrogens with one attached hydrogen (secondary N) is 2. The van der Waals surface area contributed by atoms with Gasteiger partial charge in [-0.05, 0) is 36.6 Å². The van der Waals surface area contributed by atoms with Gasteiger partial charge in [-0.15, -0.1) is 0 Å². The van der Waals surface area contributed by atoms with Crippen LogP contribution in [0.15, 0.2) is 47.7 Å². The number of anilines is 1. The summed E-state index contributed by atoms with van der Waals surface area (Å²) in [5.41, 5.74) is 2.13. The summed E-state index contributed by atoms with van der Waals surface area (Å²) in [4.78, 5) is 15.6. The molecule has 0 atom stereocenters. The molecule has 0 radical (unpaired) electrons. The summed E-state index contributed by atoms with van der Waals surface area (Å²) in [6.45, 7) is 3.57. The van der Waals surface area contributed by atoms with Gasteiger partial charge in [0.05, 0.1) is 12.2 Å². The molecule has 0 spiro atoms. The number of rotatable bonds is 5. The molecule has 2 aromatic rings. The van der Waals surface area contributed by atoms with Gasteiger partial charge in [0.2, 0.25) is 0 Å². The Bertz CT molecular complexity index is 675. The highest BCUT2D eigenvalue weighted by Crippen LogP contribution is 2.17. The zero-order valence-electron chi connectivity index (χ0n) is 15.5. The summed E-state index contributed by atoms with van der Waals surface area (Å²) in [5, 5.41) is 6.60. The fraction of sp³-hybridized carbons (Fsp3) is 0.450. The molecule has 2 N–H and O–H groups in total. The smallest absolute Gasteiger partial charge is 0.191 e. The third-order valence-corrected chi connectivity index (χ3v) is 4.59. The van der Waals surface area contributed by atoms with E-state index in [-0.39, 0.29) is 0 Å². The van der Waals surface area contributed by atoms with Crippen molar-refractivity contribution in [3.05, 3.63) is 54.0 Å². The van der Waals surface area contributed by atoms with Crippen LogP contribution < -0.4 is 15.5 Å². The van der Waals surface area contributed by atoms with Crippen LogP contribution in [0.1, 0.15) is 36.9 Å². The summed E-state index contributed by atoms with van der Waals surface area (Å²) in [6, 6.07) is 10.2. The minimum atomic E-state index is 0.645. The predicted octanol–water partition coefficient (Wildman–Crippen LogP) is 2.72. The van der Waals surface area contributed by atoms with Crippen LogP contribution in [0.5, 0.6) is 0 Å². The Balaban J connectivity index is 1.48. The van der Waals surface area contributed by atoms with Crippen molar-refractivity contribution in [3.8, 4) is 0 Å².